The Morgan fingerprint density at radius 2 is 1.74 bits per heavy atom. The van der Waals surface area contributed by atoms with Crippen LogP contribution in [0.15, 0.2) is 48.7 Å². The molecule has 1 aromatic carbocycles. The Hall–Kier alpha value is -2.61. The third kappa shape index (κ3) is 4.77. The van der Waals surface area contributed by atoms with Crippen LogP contribution in [0.25, 0.3) is 0 Å². The molecule has 0 radical (unpaired) electrons. The molecular weight excluding hydrogens is 357 g/mol. The average molecular weight is 378 g/mol. The highest BCUT2D eigenvalue weighted by Gasteiger charge is 2.31. The van der Waals surface area contributed by atoms with Crippen molar-refractivity contribution in [3.8, 4) is 0 Å². The molecule has 1 aliphatic heterocycles. The molecule has 1 aliphatic rings. The second kappa shape index (κ2) is 7.96. The van der Waals surface area contributed by atoms with Gasteiger partial charge in [0, 0.05) is 38.1 Å². The molecule has 1 saturated heterocycles. The maximum Gasteiger partial charge on any atom is 0.417 e. The van der Waals surface area contributed by atoms with Gasteiger partial charge in [-0.25, -0.2) is 4.98 Å². The lowest BCUT2D eigenvalue weighted by atomic mass is 10.2. The topological polar surface area (TPSA) is 48.5 Å². The van der Waals surface area contributed by atoms with Crippen molar-refractivity contribution in [3.63, 3.8) is 0 Å². The summed E-state index contributed by atoms with van der Waals surface area (Å²) in [6, 6.07) is 11.4. The Bertz CT molecular complexity index is 757. The van der Waals surface area contributed by atoms with Gasteiger partial charge >= 0.3 is 6.18 Å². The zero-order chi connectivity index (χ0) is 19.4. The molecule has 8 heteroatoms. The molecule has 1 aromatic heterocycles. The van der Waals surface area contributed by atoms with E-state index in [0.717, 1.165) is 18.0 Å². The number of hydrogen-bond acceptors (Lipinski definition) is 4. The number of carbonyl (C=O) groups is 1. The van der Waals surface area contributed by atoms with E-state index in [1.54, 1.807) is 0 Å². The highest BCUT2D eigenvalue weighted by atomic mass is 19.4. The zero-order valence-corrected chi connectivity index (χ0v) is 14.9. The summed E-state index contributed by atoms with van der Waals surface area (Å²) in [5.41, 5.74) is -0.00182. The van der Waals surface area contributed by atoms with Gasteiger partial charge in [-0.3, -0.25) is 9.69 Å². The van der Waals surface area contributed by atoms with Gasteiger partial charge in [-0.15, -0.1) is 0 Å². The van der Waals surface area contributed by atoms with Crippen LogP contribution < -0.4 is 10.2 Å². The van der Waals surface area contributed by atoms with Crippen molar-refractivity contribution in [2.24, 2.45) is 0 Å². The third-order valence-corrected chi connectivity index (χ3v) is 4.68. The Morgan fingerprint density at radius 1 is 1.07 bits per heavy atom. The summed E-state index contributed by atoms with van der Waals surface area (Å²) in [4.78, 5) is 20.3. The molecule has 3 rings (SSSR count). The largest absolute Gasteiger partial charge is 0.417 e. The van der Waals surface area contributed by atoms with Crippen molar-refractivity contribution in [3.05, 3.63) is 54.2 Å². The molecule has 0 saturated carbocycles. The number of aromatic nitrogens is 1. The number of halogens is 3. The van der Waals surface area contributed by atoms with Crippen LogP contribution in [0.5, 0.6) is 0 Å². The van der Waals surface area contributed by atoms with E-state index in [9.17, 15) is 18.0 Å². The third-order valence-electron chi connectivity index (χ3n) is 4.68. The fraction of sp³-hybridized carbons (Fsp3) is 0.368. The number of pyridine rings is 1. The van der Waals surface area contributed by atoms with Crippen molar-refractivity contribution in [2.75, 3.05) is 36.4 Å². The van der Waals surface area contributed by atoms with Gasteiger partial charge in [-0.1, -0.05) is 18.2 Å². The Labute approximate surface area is 155 Å². The maximum absolute atomic E-state index is 12.6. The van der Waals surface area contributed by atoms with E-state index in [2.05, 4.69) is 15.2 Å². The molecule has 0 bridgehead atoms. The number of nitrogens with one attached hydrogen (secondary N) is 1. The number of alkyl halides is 3. The first-order valence-corrected chi connectivity index (χ1v) is 8.73. The van der Waals surface area contributed by atoms with Crippen molar-refractivity contribution in [1.29, 1.82) is 0 Å². The standard InChI is InChI=1S/C19H21F3N4O/c1-14(18(27)24-16-5-3-2-4-6-16)25-9-11-26(12-10-25)17-8-7-15(13-23-17)19(20,21)22/h2-8,13-14H,9-12H2,1H3,(H,24,27)/t14-/m0/s1. The number of anilines is 2. The first-order valence-electron chi connectivity index (χ1n) is 8.73. The molecule has 144 valence electrons. The number of piperazine rings is 1. The van der Waals surface area contributed by atoms with E-state index >= 15 is 0 Å². The van der Waals surface area contributed by atoms with Crippen LogP contribution in [0.1, 0.15) is 12.5 Å². The van der Waals surface area contributed by atoms with Crippen LogP contribution in [0.3, 0.4) is 0 Å². The van der Waals surface area contributed by atoms with Crippen LogP contribution >= 0.6 is 0 Å². The summed E-state index contributed by atoms with van der Waals surface area (Å²) >= 11 is 0. The molecule has 2 aromatic rings. The molecular formula is C19H21F3N4O. The Morgan fingerprint density at radius 3 is 2.30 bits per heavy atom. The quantitative estimate of drug-likeness (QED) is 0.887. The molecule has 1 N–H and O–H groups in total. The molecule has 0 aliphatic carbocycles. The number of amides is 1. The van der Waals surface area contributed by atoms with Gasteiger partial charge in [0.05, 0.1) is 11.6 Å². The lowest BCUT2D eigenvalue weighted by Gasteiger charge is -2.38. The predicted molar refractivity (Wildman–Crippen MR) is 97.6 cm³/mol. The number of hydrogen-bond donors (Lipinski definition) is 1. The number of rotatable bonds is 4. The second-order valence-electron chi connectivity index (χ2n) is 6.46. The normalized spacial score (nSPS) is 16.8. The van der Waals surface area contributed by atoms with Gasteiger partial charge < -0.3 is 10.2 Å². The Balaban J connectivity index is 1.54. The molecule has 0 unspecified atom stereocenters. The van der Waals surface area contributed by atoms with Gasteiger partial charge in [-0.05, 0) is 31.2 Å². The first kappa shape index (κ1) is 19.2. The van der Waals surface area contributed by atoms with Gasteiger partial charge in [-0.2, -0.15) is 13.2 Å². The molecule has 0 spiro atoms. The summed E-state index contributed by atoms with van der Waals surface area (Å²) in [6.07, 6.45) is -3.52. The van der Waals surface area contributed by atoms with Crippen molar-refractivity contribution in [2.45, 2.75) is 19.1 Å². The molecule has 1 amide bonds. The molecule has 1 fully saturated rings. The molecule has 2 heterocycles. The van der Waals surface area contributed by atoms with Crippen LogP contribution in [0.4, 0.5) is 24.7 Å². The van der Waals surface area contributed by atoms with Crippen LogP contribution in [0, 0.1) is 0 Å². The van der Waals surface area contributed by atoms with E-state index in [1.807, 2.05) is 42.2 Å². The first-order chi connectivity index (χ1) is 12.8. The number of para-hydroxylation sites is 1. The number of nitrogens with zero attached hydrogens (tertiary/aromatic N) is 3. The van der Waals surface area contributed by atoms with Gasteiger partial charge in [0.15, 0.2) is 0 Å². The van der Waals surface area contributed by atoms with Crippen LogP contribution in [-0.2, 0) is 11.0 Å². The zero-order valence-electron chi connectivity index (χ0n) is 14.9. The summed E-state index contributed by atoms with van der Waals surface area (Å²) in [7, 11) is 0. The highest BCUT2D eigenvalue weighted by Crippen LogP contribution is 2.29. The minimum atomic E-state index is -4.38. The van der Waals surface area contributed by atoms with Crippen LogP contribution in [0.2, 0.25) is 0 Å². The second-order valence-corrected chi connectivity index (χ2v) is 6.46. The van der Waals surface area contributed by atoms with E-state index in [0.29, 0.717) is 32.0 Å². The van der Waals surface area contributed by atoms with Crippen LogP contribution in [-0.4, -0.2) is 48.0 Å². The van der Waals surface area contributed by atoms with Crippen molar-refractivity contribution < 1.29 is 18.0 Å². The van der Waals surface area contributed by atoms with Gasteiger partial charge in [0.2, 0.25) is 5.91 Å². The minimum Gasteiger partial charge on any atom is -0.354 e. The lowest BCUT2D eigenvalue weighted by molar-refractivity contribution is -0.137. The number of carbonyl (C=O) groups excluding carboxylic acids is 1. The van der Waals surface area contributed by atoms with Crippen molar-refractivity contribution in [1.82, 2.24) is 9.88 Å². The summed E-state index contributed by atoms with van der Waals surface area (Å²) in [5, 5.41) is 2.89. The number of benzene rings is 1. The fourth-order valence-electron chi connectivity index (χ4n) is 3.01. The van der Waals surface area contributed by atoms with E-state index in [1.165, 1.54) is 6.07 Å². The van der Waals surface area contributed by atoms with E-state index < -0.39 is 11.7 Å². The SMILES string of the molecule is C[C@@H](C(=O)Nc1ccccc1)N1CCN(c2ccc(C(F)(F)F)cn2)CC1. The van der Waals surface area contributed by atoms with E-state index in [4.69, 9.17) is 0 Å². The predicted octanol–water partition coefficient (Wildman–Crippen LogP) is 3.25. The highest BCUT2D eigenvalue weighted by molar-refractivity contribution is 5.94. The summed E-state index contributed by atoms with van der Waals surface area (Å²) in [5.74, 6) is 0.436. The molecule has 1 atom stereocenters. The van der Waals surface area contributed by atoms with Gasteiger partial charge in [0.1, 0.15) is 5.82 Å². The minimum absolute atomic E-state index is 0.0812. The smallest absolute Gasteiger partial charge is 0.354 e. The van der Waals surface area contributed by atoms with Gasteiger partial charge in [0.25, 0.3) is 0 Å². The van der Waals surface area contributed by atoms with Crippen molar-refractivity contribution >= 4 is 17.4 Å². The average Bonchev–Trinajstić information content (AvgIpc) is 2.68. The molecule has 27 heavy (non-hydrogen) atoms. The monoisotopic (exact) mass is 378 g/mol. The maximum atomic E-state index is 12.6. The summed E-state index contributed by atoms with van der Waals surface area (Å²) < 4.78 is 37.9. The molecule has 5 nitrogen and oxygen atoms in total. The Kier molecular flexibility index (Phi) is 5.65. The summed E-state index contributed by atoms with van der Waals surface area (Å²) in [6.45, 7) is 4.31. The van der Waals surface area contributed by atoms with E-state index in [-0.39, 0.29) is 11.9 Å². The lowest BCUT2D eigenvalue weighted by Crippen LogP contribution is -2.53. The fourth-order valence-corrected chi connectivity index (χ4v) is 3.01.